The summed E-state index contributed by atoms with van der Waals surface area (Å²) in [6, 6.07) is 0. The molecule has 0 aliphatic carbocycles. The van der Waals surface area contributed by atoms with Gasteiger partial charge in [0.25, 0.3) is 5.56 Å². The maximum Gasteiger partial charge on any atom is 0.331 e. The first-order chi connectivity index (χ1) is 7.22. The molecule has 0 fully saturated rings. The molecule has 0 aromatic carbocycles. The van der Waals surface area contributed by atoms with Crippen LogP contribution < -0.4 is 11.2 Å². The Morgan fingerprint density at radius 2 is 2.00 bits per heavy atom. The van der Waals surface area contributed by atoms with E-state index in [0.29, 0.717) is 4.57 Å². The molecule has 1 aromatic rings. The van der Waals surface area contributed by atoms with Gasteiger partial charge >= 0.3 is 5.69 Å². The normalized spacial score (nSPS) is 11.6. The van der Waals surface area contributed by atoms with E-state index in [1.54, 1.807) is 4.98 Å². The Balaban J connectivity index is 3.21. The number of hydrogen-bond donors (Lipinski definition) is 2. The molecule has 0 bridgehead atoms. The fraction of sp³-hybridized carbons (Fsp3) is 0.429. The van der Waals surface area contributed by atoms with Crippen LogP contribution in [0.1, 0.15) is 0 Å². The van der Waals surface area contributed by atoms with Gasteiger partial charge < -0.3 is 5.11 Å². The molecule has 0 atom stereocenters. The van der Waals surface area contributed by atoms with E-state index in [2.05, 4.69) is 0 Å². The van der Waals surface area contributed by atoms with Gasteiger partial charge in [0.15, 0.2) is 0 Å². The number of nitrogens with one attached hydrogen (secondary N) is 1. The molecule has 0 saturated carbocycles. The van der Waals surface area contributed by atoms with E-state index >= 15 is 0 Å². The van der Waals surface area contributed by atoms with E-state index in [1.165, 1.54) is 0 Å². The highest BCUT2D eigenvalue weighted by atomic mass is 32.2. The number of hydrogen-bond acceptors (Lipinski definition) is 5. The molecule has 0 amide bonds. The second-order valence-electron chi connectivity index (χ2n) is 3.18. The SMILES string of the molecule is CS(=O)(=O)CCn1c(O)c(F)c(=O)[nH]c1=O. The number of aromatic hydroxyl groups is 1. The van der Waals surface area contributed by atoms with Crippen molar-refractivity contribution < 1.29 is 17.9 Å². The van der Waals surface area contributed by atoms with E-state index in [1.807, 2.05) is 0 Å². The van der Waals surface area contributed by atoms with Crippen LogP contribution in [0.15, 0.2) is 9.59 Å². The average molecular weight is 252 g/mol. The molecule has 0 aliphatic rings. The predicted molar refractivity (Wildman–Crippen MR) is 52.7 cm³/mol. The third kappa shape index (κ3) is 2.69. The molecular weight excluding hydrogens is 243 g/mol. The number of rotatable bonds is 3. The highest BCUT2D eigenvalue weighted by molar-refractivity contribution is 7.90. The number of H-pyrrole nitrogens is 1. The molecule has 1 rings (SSSR count). The van der Waals surface area contributed by atoms with Crippen LogP contribution in [-0.4, -0.2) is 35.1 Å². The number of halogens is 1. The third-order valence-corrected chi connectivity index (χ3v) is 2.73. The maximum atomic E-state index is 12.9. The molecule has 9 heteroatoms. The van der Waals surface area contributed by atoms with Crippen molar-refractivity contribution in [1.29, 1.82) is 0 Å². The van der Waals surface area contributed by atoms with Crippen LogP contribution in [0.4, 0.5) is 4.39 Å². The molecule has 7 nitrogen and oxygen atoms in total. The molecule has 0 aliphatic heterocycles. The third-order valence-electron chi connectivity index (χ3n) is 1.80. The summed E-state index contributed by atoms with van der Waals surface area (Å²) in [6.07, 6.45) is 0.928. The van der Waals surface area contributed by atoms with Gasteiger partial charge in [-0.3, -0.25) is 14.3 Å². The summed E-state index contributed by atoms with van der Waals surface area (Å²) in [7, 11) is -3.36. The van der Waals surface area contributed by atoms with Crippen molar-refractivity contribution >= 4 is 9.84 Å². The van der Waals surface area contributed by atoms with E-state index in [9.17, 15) is 22.4 Å². The van der Waals surface area contributed by atoms with Gasteiger partial charge in [0, 0.05) is 12.8 Å². The quantitative estimate of drug-likeness (QED) is 0.675. The van der Waals surface area contributed by atoms with Gasteiger partial charge in [-0.05, 0) is 0 Å². The summed E-state index contributed by atoms with van der Waals surface area (Å²) >= 11 is 0. The summed E-state index contributed by atoms with van der Waals surface area (Å²) < 4.78 is 35.0. The summed E-state index contributed by atoms with van der Waals surface area (Å²) in [4.78, 5) is 23.4. The summed E-state index contributed by atoms with van der Waals surface area (Å²) in [5.74, 6) is -3.14. The monoisotopic (exact) mass is 252 g/mol. The zero-order valence-electron chi connectivity index (χ0n) is 8.23. The molecule has 0 radical (unpaired) electrons. The summed E-state index contributed by atoms with van der Waals surface area (Å²) in [6.45, 7) is -0.433. The van der Waals surface area contributed by atoms with Crippen LogP contribution in [0.25, 0.3) is 0 Å². The Morgan fingerprint density at radius 3 is 2.50 bits per heavy atom. The molecule has 2 N–H and O–H groups in total. The Kier molecular flexibility index (Phi) is 3.17. The largest absolute Gasteiger partial charge is 0.492 e. The lowest BCUT2D eigenvalue weighted by Crippen LogP contribution is -2.33. The highest BCUT2D eigenvalue weighted by Gasteiger charge is 2.14. The fourth-order valence-corrected chi connectivity index (χ4v) is 1.51. The number of sulfone groups is 1. The van der Waals surface area contributed by atoms with E-state index in [4.69, 9.17) is 5.11 Å². The maximum absolute atomic E-state index is 12.9. The standard InChI is InChI=1S/C7H9FN2O5S/c1-16(14,15)3-2-10-6(12)4(8)5(11)9-7(10)13/h12H,2-3H2,1H3,(H,9,11,13). The van der Waals surface area contributed by atoms with Crippen LogP contribution >= 0.6 is 0 Å². The van der Waals surface area contributed by atoms with E-state index < -0.39 is 45.1 Å². The molecular formula is C7H9FN2O5S. The van der Waals surface area contributed by atoms with Gasteiger partial charge in [-0.15, -0.1) is 0 Å². The van der Waals surface area contributed by atoms with Gasteiger partial charge in [-0.25, -0.2) is 13.2 Å². The van der Waals surface area contributed by atoms with Crippen molar-refractivity contribution in [3.05, 3.63) is 26.7 Å². The van der Waals surface area contributed by atoms with Crippen molar-refractivity contribution in [1.82, 2.24) is 9.55 Å². The first-order valence-electron chi connectivity index (χ1n) is 4.11. The average Bonchev–Trinajstić information content (AvgIpc) is 2.12. The van der Waals surface area contributed by atoms with Crippen LogP contribution in [0.3, 0.4) is 0 Å². The van der Waals surface area contributed by atoms with Crippen molar-refractivity contribution in [3.63, 3.8) is 0 Å². The predicted octanol–water partition coefficient (Wildman–Crippen LogP) is -1.57. The summed E-state index contributed by atoms with van der Waals surface area (Å²) in [5.41, 5.74) is -2.41. The zero-order chi connectivity index (χ0) is 12.5. The molecule has 0 unspecified atom stereocenters. The minimum atomic E-state index is -3.36. The van der Waals surface area contributed by atoms with E-state index in [0.717, 1.165) is 6.26 Å². The van der Waals surface area contributed by atoms with Crippen molar-refractivity contribution in [2.45, 2.75) is 6.54 Å². The number of aromatic nitrogens is 2. The van der Waals surface area contributed by atoms with Gasteiger partial charge in [0.1, 0.15) is 9.84 Å². The van der Waals surface area contributed by atoms with Gasteiger partial charge in [0.05, 0.1) is 5.75 Å². The summed E-state index contributed by atoms with van der Waals surface area (Å²) in [5, 5.41) is 9.13. The Hall–Kier alpha value is -1.64. The van der Waals surface area contributed by atoms with Crippen molar-refractivity contribution in [2.24, 2.45) is 0 Å². The topological polar surface area (TPSA) is 109 Å². The van der Waals surface area contributed by atoms with E-state index in [-0.39, 0.29) is 0 Å². The minimum Gasteiger partial charge on any atom is -0.492 e. The molecule has 1 aromatic heterocycles. The van der Waals surface area contributed by atoms with Crippen LogP contribution in [0.5, 0.6) is 5.88 Å². The highest BCUT2D eigenvalue weighted by Crippen LogP contribution is 2.07. The molecule has 16 heavy (non-hydrogen) atoms. The van der Waals surface area contributed by atoms with Crippen LogP contribution in [0.2, 0.25) is 0 Å². The number of aromatic amines is 1. The Labute approximate surface area is 89.1 Å². The fourth-order valence-electron chi connectivity index (χ4n) is 1.00. The van der Waals surface area contributed by atoms with Crippen molar-refractivity contribution in [2.75, 3.05) is 12.0 Å². The Morgan fingerprint density at radius 1 is 1.44 bits per heavy atom. The lowest BCUT2D eigenvalue weighted by Gasteiger charge is -2.06. The van der Waals surface area contributed by atoms with Crippen molar-refractivity contribution in [3.8, 4) is 5.88 Å². The second-order valence-corrected chi connectivity index (χ2v) is 5.44. The Bertz CT molecular complexity index is 615. The second kappa shape index (κ2) is 4.08. The lowest BCUT2D eigenvalue weighted by molar-refractivity contribution is 0.364. The first kappa shape index (κ1) is 12.4. The number of nitrogens with zero attached hydrogens (tertiary/aromatic N) is 1. The molecule has 90 valence electrons. The molecule has 0 saturated heterocycles. The zero-order valence-corrected chi connectivity index (χ0v) is 9.04. The molecule has 0 spiro atoms. The lowest BCUT2D eigenvalue weighted by atomic mass is 10.5. The first-order valence-corrected chi connectivity index (χ1v) is 6.18. The van der Waals surface area contributed by atoms with Gasteiger partial charge in [-0.2, -0.15) is 4.39 Å². The smallest absolute Gasteiger partial charge is 0.331 e. The molecule has 1 heterocycles. The van der Waals surface area contributed by atoms with Crippen LogP contribution in [-0.2, 0) is 16.4 Å². The van der Waals surface area contributed by atoms with Gasteiger partial charge in [0.2, 0.25) is 11.7 Å². The van der Waals surface area contributed by atoms with Crippen LogP contribution in [0, 0.1) is 5.82 Å². The van der Waals surface area contributed by atoms with Gasteiger partial charge in [-0.1, -0.05) is 0 Å². The minimum absolute atomic E-state index is 0.433.